The molecule has 3 aromatic heterocycles. The SMILES string of the molecule is C#CC1(O)CCN(C2CCN(c3nc(C(COC4CCCCO4)(OC4CC4)c4ccccc4)c4cc(-c5cn(C)c(=O)c6[nH]ccc56)ccc4n3)CC2)CC1. The second kappa shape index (κ2) is 14.8. The number of H-pyrrole nitrogens is 1. The van der Waals surface area contributed by atoms with Crippen LogP contribution < -0.4 is 10.5 Å². The number of rotatable bonds is 10. The lowest BCUT2D eigenvalue weighted by atomic mass is 9.87. The number of likely N-dealkylation sites (tertiary alicyclic amines) is 1. The Kier molecular flexibility index (Phi) is 9.73. The van der Waals surface area contributed by atoms with Gasteiger partial charge in [0.25, 0.3) is 5.56 Å². The van der Waals surface area contributed by atoms with E-state index < -0.39 is 11.2 Å². The first-order chi connectivity index (χ1) is 26.8. The zero-order valence-corrected chi connectivity index (χ0v) is 31.6. The van der Waals surface area contributed by atoms with E-state index in [1.807, 2.05) is 24.5 Å². The van der Waals surface area contributed by atoms with Crippen LogP contribution in [-0.4, -0.2) is 93.0 Å². The number of pyridine rings is 1. The molecule has 2 aromatic carbocycles. The number of terminal acetylenes is 1. The van der Waals surface area contributed by atoms with Gasteiger partial charge in [-0.15, -0.1) is 6.42 Å². The molecular weight excluding hydrogens is 693 g/mol. The van der Waals surface area contributed by atoms with Gasteiger partial charge >= 0.3 is 0 Å². The summed E-state index contributed by atoms with van der Waals surface area (Å²) in [6.07, 6.45) is 17.1. The summed E-state index contributed by atoms with van der Waals surface area (Å²) in [6, 6.07) is 19.1. The first-order valence-corrected chi connectivity index (χ1v) is 20.0. The highest BCUT2D eigenvalue weighted by Crippen LogP contribution is 2.44. The molecule has 4 aliphatic rings. The van der Waals surface area contributed by atoms with Crippen LogP contribution in [0, 0.1) is 12.3 Å². The lowest BCUT2D eigenvalue weighted by Gasteiger charge is -2.43. The average Bonchev–Trinajstić information content (AvgIpc) is 3.92. The molecule has 3 saturated heterocycles. The van der Waals surface area contributed by atoms with Crippen LogP contribution in [0.4, 0.5) is 5.95 Å². The molecule has 5 aromatic rings. The number of hydrogen-bond acceptors (Lipinski definition) is 9. The first kappa shape index (κ1) is 36.1. The van der Waals surface area contributed by atoms with E-state index in [0.29, 0.717) is 37.0 Å². The molecule has 1 saturated carbocycles. The Morgan fingerprint density at radius 2 is 1.80 bits per heavy atom. The Morgan fingerprint density at radius 1 is 1.00 bits per heavy atom. The number of benzene rings is 2. The van der Waals surface area contributed by atoms with Crippen LogP contribution in [0.1, 0.15) is 69.0 Å². The number of aliphatic hydroxyl groups is 1. The monoisotopic (exact) mass is 742 g/mol. The molecule has 9 rings (SSSR count). The summed E-state index contributed by atoms with van der Waals surface area (Å²) >= 11 is 0. The minimum Gasteiger partial charge on any atom is -0.378 e. The predicted molar refractivity (Wildman–Crippen MR) is 213 cm³/mol. The lowest BCUT2D eigenvalue weighted by molar-refractivity contribution is -0.197. The van der Waals surface area contributed by atoms with Gasteiger partial charge < -0.3 is 33.8 Å². The molecule has 4 fully saturated rings. The minimum atomic E-state index is -1.05. The van der Waals surface area contributed by atoms with Crippen molar-refractivity contribution in [2.75, 3.05) is 44.3 Å². The molecule has 6 heterocycles. The summed E-state index contributed by atoms with van der Waals surface area (Å²) in [7, 11) is 1.79. The van der Waals surface area contributed by atoms with Crippen LogP contribution in [0.3, 0.4) is 0 Å². The fourth-order valence-corrected chi connectivity index (χ4v) is 8.74. The number of hydrogen-bond donors (Lipinski definition) is 2. The van der Waals surface area contributed by atoms with Crippen molar-refractivity contribution >= 4 is 27.8 Å². The summed E-state index contributed by atoms with van der Waals surface area (Å²) in [4.78, 5) is 31.8. The third-order valence-corrected chi connectivity index (χ3v) is 12.2. The third kappa shape index (κ3) is 7.07. The van der Waals surface area contributed by atoms with E-state index in [-0.39, 0.29) is 24.6 Å². The molecule has 0 radical (unpaired) electrons. The van der Waals surface area contributed by atoms with Crippen molar-refractivity contribution in [3.63, 3.8) is 0 Å². The molecule has 1 aliphatic carbocycles. The minimum absolute atomic E-state index is 0.0701. The fraction of sp³-hybridized carbons (Fsp3) is 0.477. The molecule has 2 unspecified atom stereocenters. The Balaban J connectivity index is 1.16. The number of fused-ring (bicyclic) bond motifs is 2. The van der Waals surface area contributed by atoms with E-state index in [1.54, 1.807) is 11.6 Å². The maximum atomic E-state index is 13.0. The molecule has 0 bridgehead atoms. The van der Waals surface area contributed by atoms with Gasteiger partial charge in [-0.2, -0.15) is 0 Å². The number of piperidine rings is 2. The second-order valence-corrected chi connectivity index (χ2v) is 15.9. The number of ether oxygens (including phenoxy) is 3. The van der Waals surface area contributed by atoms with Crippen LogP contribution in [0.2, 0.25) is 0 Å². The number of nitrogens with one attached hydrogen (secondary N) is 1. The Bertz CT molecular complexity index is 2260. The molecule has 3 aliphatic heterocycles. The molecule has 2 N–H and O–H groups in total. The van der Waals surface area contributed by atoms with Gasteiger partial charge in [-0.05, 0) is 74.3 Å². The largest absolute Gasteiger partial charge is 0.378 e. The Hall–Kier alpha value is -4.57. The van der Waals surface area contributed by atoms with E-state index in [9.17, 15) is 9.90 Å². The number of nitrogens with zero attached hydrogens (tertiary/aromatic N) is 5. The number of aromatic nitrogens is 4. The van der Waals surface area contributed by atoms with Gasteiger partial charge in [0.05, 0.1) is 23.9 Å². The summed E-state index contributed by atoms with van der Waals surface area (Å²) in [5, 5.41) is 12.4. The normalized spacial score (nSPS) is 22.1. The highest BCUT2D eigenvalue weighted by Gasteiger charge is 2.45. The van der Waals surface area contributed by atoms with Crippen LogP contribution in [0.25, 0.3) is 32.9 Å². The number of anilines is 1. The molecule has 11 nitrogen and oxygen atoms in total. The first-order valence-electron chi connectivity index (χ1n) is 20.0. The Morgan fingerprint density at radius 3 is 2.53 bits per heavy atom. The van der Waals surface area contributed by atoms with Gasteiger partial charge in [-0.3, -0.25) is 9.69 Å². The van der Waals surface area contributed by atoms with Gasteiger partial charge in [-0.25, -0.2) is 9.97 Å². The van der Waals surface area contributed by atoms with Crippen molar-refractivity contribution < 1.29 is 19.3 Å². The van der Waals surface area contributed by atoms with E-state index >= 15 is 0 Å². The fourth-order valence-electron chi connectivity index (χ4n) is 8.74. The lowest BCUT2D eigenvalue weighted by Crippen LogP contribution is -2.51. The van der Waals surface area contributed by atoms with E-state index in [0.717, 1.165) is 110 Å². The van der Waals surface area contributed by atoms with Gasteiger partial charge in [-0.1, -0.05) is 42.3 Å². The zero-order valence-electron chi connectivity index (χ0n) is 31.6. The van der Waals surface area contributed by atoms with Gasteiger partial charge in [0.15, 0.2) is 11.9 Å². The van der Waals surface area contributed by atoms with E-state index in [4.69, 9.17) is 30.6 Å². The highest BCUT2D eigenvalue weighted by atomic mass is 16.7. The van der Waals surface area contributed by atoms with Crippen LogP contribution in [-0.2, 0) is 26.9 Å². The zero-order chi connectivity index (χ0) is 37.6. The van der Waals surface area contributed by atoms with Gasteiger partial charge in [0.1, 0.15) is 11.1 Å². The van der Waals surface area contributed by atoms with Crippen LogP contribution in [0.15, 0.2) is 71.8 Å². The standard InChI is InChI=1S/C44H50N6O5/c1-3-43(52)19-24-49(25-20-43)32-17-22-50(23-18-32)42-46-37-15-12-30(36-28-48(2)41(51)39-34(36)16-21-45-39)27-35(37)40(47-42)44(55-33-13-14-33,31-9-5-4-6-10-31)29-54-38-11-7-8-26-53-38/h1,4-6,9-10,12,15-16,21,27-28,32-33,38,45,52H,7-8,11,13-14,17-20,22-26,29H2,2H3. The van der Waals surface area contributed by atoms with Crippen molar-refractivity contribution in [3.8, 4) is 23.5 Å². The molecule has 286 valence electrons. The summed E-state index contributed by atoms with van der Waals surface area (Å²) < 4.78 is 21.7. The summed E-state index contributed by atoms with van der Waals surface area (Å²) in [5.41, 5.74) is 2.92. The van der Waals surface area contributed by atoms with Crippen molar-refractivity contribution in [1.29, 1.82) is 0 Å². The smallest absolute Gasteiger partial charge is 0.274 e. The number of aryl methyl sites for hydroxylation is 1. The molecule has 11 heteroatoms. The third-order valence-electron chi connectivity index (χ3n) is 12.2. The molecular formula is C44H50N6O5. The predicted octanol–water partition coefficient (Wildman–Crippen LogP) is 5.87. The van der Waals surface area contributed by atoms with Crippen molar-refractivity contribution in [1.82, 2.24) is 24.4 Å². The summed E-state index contributed by atoms with van der Waals surface area (Å²) in [5.74, 6) is 3.28. The van der Waals surface area contributed by atoms with Crippen LogP contribution in [0.5, 0.6) is 0 Å². The molecule has 2 atom stereocenters. The maximum Gasteiger partial charge on any atom is 0.274 e. The Labute approximate surface area is 321 Å². The van der Waals surface area contributed by atoms with Crippen molar-refractivity contribution in [3.05, 3.63) is 88.6 Å². The summed E-state index contributed by atoms with van der Waals surface area (Å²) in [6.45, 7) is 4.14. The quantitative estimate of drug-likeness (QED) is 0.170. The average molecular weight is 743 g/mol. The highest BCUT2D eigenvalue weighted by molar-refractivity contribution is 5.97. The topological polar surface area (TPSA) is 118 Å². The number of aromatic amines is 1. The van der Waals surface area contributed by atoms with Crippen molar-refractivity contribution in [2.45, 2.75) is 87.4 Å². The maximum absolute atomic E-state index is 13.0. The van der Waals surface area contributed by atoms with E-state index in [1.165, 1.54) is 0 Å². The van der Waals surface area contributed by atoms with E-state index in [2.05, 4.69) is 63.2 Å². The molecule has 0 amide bonds. The van der Waals surface area contributed by atoms with Crippen molar-refractivity contribution in [2.24, 2.45) is 7.05 Å². The molecule has 55 heavy (non-hydrogen) atoms. The van der Waals surface area contributed by atoms with Gasteiger partial charge in [0, 0.05) is 87.4 Å². The van der Waals surface area contributed by atoms with Crippen LogP contribution >= 0.6 is 0 Å². The molecule has 0 spiro atoms. The second-order valence-electron chi connectivity index (χ2n) is 15.9. The van der Waals surface area contributed by atoms with Gasteiger partial charge in [0.2, 0.25) is 5.95 Å².